The molecule has 2 rings (SSSR count). The Morgan fingerprint density at radius 2 is 2.12 bits per heavy atom. The van der Waals surface area contributed by atoms with Gasteiger partial charge in [0.15, 0.2) is 5.82 Å². The molecular weight excluding hydrogens is 218 g/mol. The number of hydrogen-bond acceptors (Lipinski definition) is 5. The van der Waals surface area contributed by atoms with E-state index < -0.39 is 0 Å². The van der Waals surface area contributed by atoms with Gasteiger partial charge in [-0.2, -0.15) is 0 Å². The first-order valence-corrected chi connectivity index (χ1v) is 5.23. The first kappa shape index (κ1) is 11.1. The van der Waals surface area contributed by atoms with Crippen LogP contribution in [0.15, 0.2) is 35.6 Å². The molecular formula is C11H13N5O. The van der Waals surface area contributed by atoms with E-state index in [2.05, 4.69) is 20.3 Å². The van der Waals surface area contributed by atoms with E-state index >= 15 is 0 Å². The third-order valence-corrected chi connectivity index (χ3v) is 2.34. The number of nitrogen functional groups attached to an aromatic ring is 1. The third-order valence-electron chi connectivity index (χ3n) is 2.34. The number of H-pyrrole nitrogens is 1. The van der Waals surface area contributed by atoms with Crippen LogP contribution in [-0.2, 0) is 6.42 Å². The third kappa shape index (κ3) is 2.81. The Morgan fingerprint density at radius 1 is 1.35 bits per heavy atom. The minimum absolute atomic E-state index is 0.113. The molecule has 0 bridgehead atoms. The van der Waals surface area contributed by atoms with Crippen LogP contribution >= 0.6 is 0 Å². The first-order valence-electron chi connectivity index (χ1n) is 5.23. The summed E-state index contributed by atoms with van der Waals surface area (Å²) in [6.07, 6.45) is 5.63. The van der Waals surface area contributed by atoms with Gasteiger partial charge in [0, 0.05) is 18.9 Å². The summed E-state index contributed by atoms with van der Waals surface area (Å²) >= 11 is 0. The minimum atomic E-state index is -0.327. The summed E-state index contributed by atoms with van der Waals surface area (Å²) in [5.41, 5.74) is 6.53. The molecule has 0 saturated heterocycles. The van der Waals surface area contributed by atoms with Gasteiger partial charge in [0.1, 0.15) is 5.69 Å². The summed E-state index contributed by atoms with van der Waals surface area (Å²) in [6.45, 7) is 0.657. The van der Waals surface area contributed by atoms with Gasteiger partial charge in [-0.25, -0.2) is 4.98 Å². The van der Waals surface area contributed by atoms with Crippen molar-refractivity contribution >= 4 is 11.5 Å². The Kier molecular flexibility index (Phi) is 3.34. The lowest BCUT2D eigenvalue weighted by Crippen LogP contribution is -2.17. The number of hydrogen-bond donors (Lipinski definition) is 3. The van der Waals surface area contributed by atoms with Gasteiger partial charge in [-0.05, 0) is 24.1 Å². The van der Waals surface area contributed by atoms with Crippen molar-refractivity contribution in [1.29, 1.82) is 0 Å². The average Bonchev–Trinajstić information content (AvgIpc) is 2.36. The number of aromatic amines is 1. The van der Waals surface area contributed by atoms with Gasteiger partial charge in [0.05, 0.1) is 6.33 Å². The smallest absolute Gasteiger partial charge is 0.276 e. The highest BCUT2D eigenvalue weighted by Gasteiger charge is 2.02. The minimum Gasteiger partial charge on any atom is -0.391 e. The van der Waals surface area contributed by atoms with Crippen LogP contribution in [0.25, 0.3) is 0 Å². The van der Waals surface area contributed by atoms with E-state index in [0.29, 0.717) is 12.4 Å². The lowest BCUT2D eigenvalue weighted by molar-refractivity contribution is 0.991. The van der Waals surface area contributed by atoms with E-state index in [9.17, 15) is 4.79 Å². The second-order valence-electron chi connectivity index (χ2n) is 3.53. The molecule has 2 aromatic heterocycles. The van der Waals surface area contributed by atoms with Crippen LogP contribution in [-0.4, -0.2) is 21.5 Å². The lowest BCUT2D eigenvalue weighted by Gasteiger charge is -2.06. The number of nitrogens with one attached hydrogen (secondary N) is 2. The van der Waals surface area contributed by atoms with E-state index in [1.54, 1.807) is 12.4 Å². The van der Waals surface area contributed by atoms with Crippen LogP contribution in [0.2, 0.25) is 0 Å². The van der Waals surface area contributed by atoms with Crippen molar-refractivity contribution in [2.45, 2.75) is 6.42 Å². The number of pyridine rings is 1. The summed E-state index contributed by atoms with van der Waals surface area (Å²) in [7, 11) is 0. The standard InChI is InChI=1S/C11H13N5O/c12-9-10(15-7-16-11(9)17)14-6-3-8-1-4-13-5-2-8/h1-2,4-5,7H,3,6,12H2,(H2,14,15,16,17). The van der Waals surface area contributed by atoms with Gasteiger partial charge < -0.3 is 16.0 Å². The van der Waals surface area contributed by atoms with Crippen molar-refractivity contribution in [1.82, 2.24) is 15.0 Å². The topological polar surface area (TPSA) is 96.7 Å². The second-order valence-corrected chi connectivity index (χ2v) is 3.53. The van der Waals surface area contributed by atoms with Gasteiger partial charge >= 0.3 is 0 Å². The Balaban J connectivity index is 1.95. The van der Waals surface area contributed by atoms with Crippen molar-refractivity contribution in [3.8, 4) is 0 Å². The Hall–Kier alpha value is -2.37. The molecule has 0 radical (unpaired) electrons. The molecule has 2 aromatic rings. The van der Waals surface area contributed by atoms with Crippen molar-refractivity contribution in [2.75, 3.05) is 17.6 Å². The van der Waals surface area contributed by atoms with Crippen molar-refractivity contribution in [2.24, 2.45) is 0 Å². The van der Waals surface area contributed by atoms with Crippen LogP contribution in [0.4, 0.5) is 11.5 Å². The number of nitrogens with two attached hydrogens (primary N) is 1. The molecule has 0 saturated carbocycles. The highest BCUT2D eigenvalue weighted by molar-refractivity contribution is 5.58. The molecule has 0 spiro atoms. The Bertz CT molecular complexity index is 537. The van der Waals surface area contributed by atoms with Gasteiger partial charge in [0.2, 0.25) is 0 Å². The largest absolute Gasteiger partial charge is 0.391 e. The summed E-state index contributed by atoms with van der Waals surface area (Å²) in [6, 6.07) is 3.88. The van der Waals surface area contributed by atoms with Crippen LogP contribution < -0.4 is 16.6 Å². The van der Waals surface area contributed by atoms with Gasteiger partial charge in [-0.3, -0.25) is 9.78 Å². The zero-order chi connectivity index (χ0) is 12.1. The summed E-state index contributed by atoms with van der Waals surface area (Å²) < 4.78 is 0. The monoisotopic (exact) mass is 231 g/mol. The summed E-state index contributed by atoms with van der Waals surface area (Å²) in [5.74, 6) is 0.419. The summed E-state index contributed by atoms with van der Waals surface area (Å²) in [5, 5.41) is 3.03. The number of nitrogens with zero attached hydrogens (tertiary/aromatic N) is 2. The molecule has 0 amide bonds. The first-order chi connectivity index (χ1) is 8.27. The zero-order valence-electron chi connectivity index (χ0n) is 9.18. The van der Waals surface area contributed by atoms with Crippen LogP contribution in [0, 0.1) is 0 Å². The summed E-state index contributed by atoms with van der Waals surface area (Å²) in [4.78, 5) is 21.5. The van der Waals surface area contributed by atoms with E-state index in [-0.39, 0.29) is 11.2 Å². The molecule has 17 heavy (non-hydrogen) atoms. The van der Waals surface area contributed by atoms with Crippen molar-refractivity contribution in [3.05, 3.63) is 46.8 Å². The fourth-order valence-corrected chi connectivity index (χ4v) is 1.43. The quantitative estimate of drug-likeness (QED) is 0.707. The predicted molar refractivity (Wildman–Crippen MR) is 65.7 cm³/mol. The van der Waals surface area contributed by atoms with Crippen molar-refractivity contribution in [3.63, 3.8) is 0 Å². The fraction of sp³-hybridized carbons (Fsp3) is 0.182. The highest BCUT2D eigenvalue weighted by atomic mass is 16.1. The molecule has 0 aromatic carbocycles. The predicted octanol–water partition coefficient (Wildman–Crippen LogP) is 0.402. The average molecular weight is 231 g/mol. The lowest BCUT2D eigenvalue weighted by atomic mass is 10.2. The molecule has 0 aliphatic rings. The maximum Gasteiger partial charge on any atom is 0.276 e. The molecule has 2 heterocycles. The van der Waals surface area contributed by atoms with Gasteiger partial charge in [0.25, 0.3) is 5.56 Å². The Morgan fingerprint density at radius 3 is 2.88 bits per heavy atom. The molecule has 6 nitrogen and oxygen atoms in total. The fourth-order valence-electron chi connectivity index (χ4n) is 1.43. The van der Waals surface area contributed by atoms with Crippen LogP contribution in [0.3, 0.4) is 0 Å². The molecule has 88 valence electrons. The molecule has 0 atom stereocenters. The highest BCUT2D eigenvalue weighted by Crippen LogP contribution is 2.07. The molecule has 6 heteroatoms. The van der Waals surface area contributed by atoms with E-state index in [1.165, 1.54) is 6.33 Å². The number of aromatic nitrogens is 3. The number of anilines is 2. The molecule has 4 N–H and O–H groups in total. The zero-order valence-corrected chi connectivity index (χ0v) is 9.18. The normalized spacial score (nSPS) is 10.1. The van der Waals surface area contributed by atoms with Crippen LogP contribution in [0.5, 0.6) is 0 Å². The maximum atomic E-state index is 11.2. The number of rotatable bonds is 4. The van der Waals surface area contributed by atoms with Crippen LogP contribution in [0.1, 0.15) is 5.56 Å². The van der Waals surface area contributed by atoms with Gasteiger partial charge in [-0.1, -0.05) is 0 Å². The SMILES string of the molecule is Nc1c(NCCc2ccncc2)nc[nH]c1=O. The van der Waals surface area contributed by atoms with E-state index in [1.807, 2.05) is 12.1 Å². The van der Waals surface area contributed by atoms with Crippen molar-refractivity contribution < 1.29 is 0 Å². The van der Waals surface area contributed by atoms with Gasteiger partial charge in [-0.15, -0.1) is 0 Å². The molecule has 0 aliphatic heterocycles. The molecule has 0 aliphatic carbocycles. The van der Waals surface area contributed by atoms with E-state index in [4.69, 9.17) is 5.73 Å². The maximum absolute atomic E-state index is 11.2. The Labute approximate surface area is 97.9 Å². The molecule has 0 fully saturated rings. The molecule has 0 unspecified atom stereocenters. The van der Waals surface area contributed by atoms with E-state index in [0.717, 1.165) is 12.0 Å². The second kappa shape index (κ2) is 5.11.